The third-order valence-electron chi connectivity index (χ3n) is 6.75. The average Bonchev–Trinajstić information content (AvgIpc) is 2.95. The van der Waals surface area contributed by atoms with Crippen molar-refractivity contribution in [1.82, 2.24) is 19.2 Å². The van der Waals surface area contributed by atoms with E-state index in [9.17, 15) is 19.2 Å². The van der Waals surface area contributed by atoms with E-state index in [-0.39, 0.29) is 31.4 Å². The Bertz CT molecular complexity index is 1610. The van der Waals surface area contributed by atoms with E-state index in [1.165, 1.54) is 4.90 Å². The van der Waals surface area contributed by atoms with Crippen LogP contribution >= 0.6 is 0 Å². The third kappa shape index (κ3) is 5.00. The number of carbonyl (C=O) groups excluding carboxylic acids is 2. The molecular weight excluding hydrogens is 484 g/mol. The van der Waals surface area contributed by atoms with Crippen LogP contribution in [0.2, 0.25) is 0 Å². The molecule has 0 N–H and O–H groups in total. The number of benzene rings is 3. The molecule has 0 aliphatic carbocycles. The highest BCUT2D eigenvalue weighted by Crippen LogP contribution is 2.20. The maximum atomic E-state index is 13.6. The van der Waals surface area contributed by atoms with Crippen molar-refractivity contribution >= 4 is 22.6 Å². The minimum atomic E-state index is -0.765. The molecule has 1 aliphatic heterocycles. The van der Waals surface area contributed by atoms with E-state index < -0.39 is 23.1 Å². The Morgan fingerprint density at radius 3 is 2.47 bits per heavy atom. The zero-order chi connectivity index (χ0) is 26.6. The topological polar surface area (TPSA) is 104 Å². The van der Waals surface area contributed by atoms with Crippen molar-refractivity contribution in [2.45, 2.75) is 26.3 Å². The molecule has 0 saturated carbocycles. The Balaban J connectivity index is 1.60. The van der Waals surface area contributed by atoms with E-state index >= 15 is 0 Å². The Morgan fingerprint density at radius 1 is 0.974 bits per heavy atom. The van der Waals surface area contributed by atoms with Gasteiger partial charge in [-0.25, -0.2) is 4.79 Å². The van der Waals surface area contributed by atoms with Crippen molar-refractivity contribution < 1.29 is 14.3 Å². The summed E-state index contributed by atoms with van der Waals surface area (Å²) in [6.45, 7) is 2.49. The smallest absolute Gasteiger partial charge is 0.352 e. The summed E-state index contributed by atoms with van der Waals surface area (Å²) in [6.07, 6.45) is 1.20. The average molecular weight is 513 g/mol. The van der Waals surface area contributed by atoms with Crippen molar-refractivity contribution in [2.75, 3.05) is 19.7 Å². The van der Waals surface area contributed by atoms with Crippen LogP contribution < -0.4 is 11.2 Å². The van der Waals surface area contributed by atoms with Crippen LogP contribution in [0.5, 0.6) is 0 Å². The first kappa shape index (κ1) is 25.1. The van der Waals surface area contributed by atoms with Crippen molar-refractivity contribution in [3.05, 3.63) is 105 Å². The molecule has 2 heterocycles. The second kappa shape index (κ2) is 10.8. The largest absolute Gasteiger partial charge is 0.466 e. The number of nitrogens with zero attached hydrogens (tertiary/aromatic N) is 4. The van der Waals surface area contributed by atoms with Gasteiger partial charge in [-0.15, -0.1) is 0 Å². The molecule has 1 unspecified atom stereocenters. The second-order valence-corrected chi connectivity index (χ2v) is 9.29. The molecule has 4 aromatic rings. The molecular formula is C29H28N4O5. The summed E-state index contributed by atoms with van der Waals surface area (Å²) in [6, 6.07) is 22.2. The van der Waals surface area contributed by atoms with Crippen molar-refractivity contribution in [3.63, 3.8) is 0 Å². The summed E-state index contributed by atoms with van der Waals surface area (Å²) in [5.74, 6) is -1.44. The van der Waals surface area contributed by atoms with Crippen LogP contribution in [-0.4, -0.2) is 50.8 Å². The number of aromatic nitrogens is 3. The van der Waals surface area contributed by atoms with Crippen LogP contribution in [0.25, 0.3) is 16.5 Å². The first-order valence-electron chi connectivity index (χ1n) is 12.7. The van der Waals surface area contributed by atoms with Crippen LogP contribution in [0, 0.1) is 5.92 Å². The fraction of sp³-hybridized carbons (Fsp3) is 0.276. The van der Waals surface area contributed by atoms with Gasteiger partial charge in [-0.3, -0.25) is 19.0 Å². The lowest BCUT2D eigenvalue weighted by Gasteiger charge is -2.31. The number of likely N-dealkylation sites (tertiary alicyclic amines) is 1. The predicted octanol–water partition coefficient (Wildman–Crippen LogP) is 3.01. The summed E-state index contributed by atoms with van der Waals surface area (Å²) >= 11 is 0. The summed E-state index contributed by atoms with van der Waals surface area (Å²) in [5, 5.41) is 6.17. The summed E-state index contributed by atoms with van der Waals surface area (Å²) in [7, 11) is 0. The zero-order valence-electron chi connectivity index (χ0n) is 21.1. The first-order chi connectivity index (χ1) is 18.5. The van der Waals surface area contributed by atoms with Crippen LogP contribution in [0.4, 0.5) is 0 Å². The third-order valence-corrected chi connectivity index (χ3v) is 6.75. The van der Waals surface area contributed by atoms with E-state index in [1.807, 2.05) is 60.7 Å². The number of esters is 1. The van der Waals surface area contributed by atoms with Crippen LogP contribution in [0.1, 0.15) is 35.8 Å². The summed E-state index contributed by atoms with van der Waals surface area (Å²) < 4.78 is 7.30. The minimum Gasteiger partial charge on any atom is -0.466 e. The van der Waals surface area contributed by atoms with E-state index in [0.29, 0.717) is 25.1 Å². The molecule has 38 heavy (non-hydrogen) atoms. The number of hydrogen-bond acceptors (Lipinski definition) is 6. The molecule has 194 valence electrons. The molecule has 0 radical (unpaired) electrons. The number of carbonyl (C=O) groups is 2. The van der Waals surface area contributed by atoms with Gasteiger partial charge in [0.25, 0.3) is 11.5 Å². The van der Waals surface area contributed by atoms with Crippen molar-refractivity contribution in [1.29, 1.82) is 0 Å². The van der Waals surface area contributed by atoms with Crippen LogP contribution in [0.15, 0.2) is 82.4 Å². The lowest BCUT2D eigenvalue weighted by atomic mass is 9.98. The van der Waals surface area contributed by atoms with E-state index in [2.05, 4.69) is 5.10 Å². The molecule has 5 rings (SSSR count). The number of piperidine rings is 1. The van der Waals surface area contributed by atoms with Gasteiger partial charge >= 0.3 is 11.7 Å². The van der Waals surface area contributed by atoms with Crippen molar-refractivity contribution in [3.8, 4) is 5.69 Å². The number of ether oxygens (including phenoxy) is 1. The fourth-order valence-corrected chi connectivity index (χ4v) is 4.79. The molecule has 1 atom stereocenters. The molecule has 3 aromatic carbocycles. The second-order valence-electron chi connectivity index (χ2n) is 9.29. The molecule has 9 heteroatoms. The number of amides is 1. The minimum absolute atomic E-state index is 0.0136. The first-order valence-corrected chi connectivity index (χ1v) is 12.7. The van der Waals surface area contributed by atoms with Gasteiger partial charge in [-0.1, -0.05) is 60.7 Å². The fourth-order valence-electron chi connectivity index (χ4n) is 4.79. The standard InChI is InChI=1S/C29H28N4O5/c1-2-38-28(36)23-13-8-16-31(19-23)26(34)25-27(35)32(18-20-9-4-3-5-10-20)29(37)33(30-25)24-15-14-21-11-6-7-12-22(21)17-24/h3-7,9-12,14-15,17,23H,2,8,13,16,18-19H2,1H3. The molecule has 1 amide bonds. The quantitative estimate of drug-likeness (QED) is 0.368. The van der Waals surface area contributed by atoms with E-state index in [0.717, 1.165) is 25.6 Å². The number of rotatable bonds is 6. The van der Waals surface area contributed by atoms with Gasteiger partial charge in [0, 0.05) is 13.1 Å². The van der Waals surface area contributed by atoms with Crippen LogP contribution in [0.3, 0.4) is 0 Å². The lowest BCUT2D eigenvalue weighted by Crippen LogP contribution is -2.49. The highest BCUT2D eigenvalue weighted by molar-refractivity contribution is 5.92. The Kier molecular flexibility index (Phi) is 7.17. The maximum Gasteiger partial charge on any atom is 0.352 e. The highest BCUT2D eigenvalue weighted by atomic mass is 16.5. The molecule has 0 spiro atoms. The van der Waals surface area contributed by atoms with Gasteiger partial charge < -0.3 is 9.64 Å². The summed E-state index contributed by atoms with van der Waals surface area (Å²) in [5.41, 5.74) is -0.597. The monoisotopic (exact) mass is 512 g/mol. The summed E-state index contributed by atoms with van der Waals surface area (Å²) in [4.78, 5) is 54.5. The van der Waals surface area contributed by atoms with Gasteiger partial charge in [0.1, 0.15) is 0 Å². The molecule has 9 nitrogen and oxygen atoms in total. The Hall–Kier alpha value is -4.53. The lowest BCUT2D eigenvalue weighted by molar-refractivity contribution is -0.149. The normalized spacial score (nSPS) is 15.4. The predicted molar refractivity (Wildman–Crippen MR) is 142 cm³/mol. The molecule has 0 bridgehead atoms. The highest BCUT2D eigenvalue weighted by Gasteiger charge is 2.32. The molecule has 1 saturated heterocycles. The Morgan fingerprint density at radius 2 is 1.71 bits per heavy atom. The molecule has 1 aromatic heterocycles. The van der Waals surface area contributed by atoms with Crippen LogP contribution in [-0.2, 0) is 16.1 Å². The van der Waals surface area contributed by atoms with Gasteiger partial charge in [-0.05, 0) is 48.2 Å². The van der Waals surface area contributed by atoms with Gasteiger partial charge in [0.05, 0.1) is 24.8 Å². The Labute approximate surface area is 218 Å². The molecule has 1 aliphatic rings. The van der Waals surface area contributed by atoms with Crippen molar-refractivity contribution in [2.24, 2.45) is 5.92 Å². The number of hydrogen-bond donors (Lipinski definition) is 0. The van der Waals surface area contributed by atoms with Gasteiger partial charge in [-0.2, -0.15) is 9.78 Å². The number of fused-ring (bicyclic) bond motifs is 1. The van der Waals surface area contributed by atoms with Gasteiger partial charge in [0.15, 0.2) is 0 Å². The maximum absolute atomic E-state index is 13.6. The van der Waals surface area contributed by atoms with Gasteiger partial charge in [0.2, 0.25) is 5.69 Å². The van der Waals surface area contributed by atoms with E-state index in [4.69, 9.17) is 4.74 Å². The van der Waals surface area contributed by atoms with E-state index in [1.54, 1.807) is 19.1 Å². The zero-order valence-corrected chi connectivity index (χ0v) is 21.1. The molecule has 1 fully saturated rings. The SMILES string of the molecule is CCOC(=O)C1CCCN(C(=O)c2nn(-c3ccc4ccccc4c3)c(=O)n(Cc3ccccc3)c2=O)C1.